The van der Waals surface area contributed by atoms with Gasteiger partial charge >= 0.3 is 11.9 Å². The first-order valence-electron chi connectivity index (χ1n) is 16.3. The van der Waals surface area contributed by atoms with Crippen LogP contribution >= 0.6 is 0 Å². The minimum atomic E-state index is -1.21. The van der Waals surface area contributed by atoms with E-state index in [4.69, 9.17) is 14.2 Å². The Morgan fingerprint density at radius 3 is 2.48 bits per heavy atom. The molecule has 1 aromatic carbocycles. The van der Waals surface area contributed by atoms with E-state index in [1.807, 2.05) is 37.3 Å². The van der Waals surface area contributed by atoms with Crippen molar-refractivity contribution in [2.75, 3.05) is 0 Å². The summed E-state index contributed by atoms with van der Waals surface area (Å²) in [6.07, 6.45) is 7.75. The van der Waals surface area contributed by atoms with Gasteiger partial charge in [-0.3, -0.25) is 4.79 Å². The molecule has 230 valence electrons. The highest BCUT2D eigenvalue weighted by atomic mass is 16.6. The van der Waals surface area contributed by atoms with Crippen LogP contribution < -0.4 is 0 Å². The molecule has 0 amide bonds. The lowest BCUT2D eigenvalue weighted by molar-refractivity contribution is -0.211. The van der Waals surface area contributed by atoms with Crippen LogP contribution in [0.3, 0.4) is 0 Å². The summed E-state index contributed by atoms with van der Waals surface area (Å²) < 4.78 is 18.9. The number of hydrogen-bond donors (Lipinski definition) is 1. The summed E-state index contributed by atoms with van der Waals surface area (Å²) in [6.45, 7) is 14.6. The van der Waals surface area contributed by atoms with E-state index >= 15 is 0 Å². The lowest BCUT2D eigenvalue weighted by Crippen LogP contribution is -2.60. The Kier molecular flexibility index (Phi) is 7.66. The van der Waals surface area contributed by atoms with E-state index in [2.05, 4.69) is 27.4 Å². The molecule has 0 radical (unpaired) electrons. The zero-order chi connectivity index (χ0) is 30.0. The van der Waals surface area contributed by atoms with Gasteiger partial charge in [-0.25, -0.2) is 4.79 Å². The van der Waals surface area contributed by atoms with Crippen LogP contribution in [0.25, 0.3) is 0 Å². The van der Waals surface area contributed by atoms with Crippen molar-refractivity contribution in [3.63, 3.8) is 0 Å². The number of carbonyl (C=O) groups is 2. The quantitative estimate of drug-likeness (QED) is 0.286. The molecule has 1 aliphatic heterocycles. The standard InChI is InChI=1S/C36H50O6/c1-21(2)12-15-30-22(3)32-35(6)29(20-36(32,39)42-30)27-14-13-25-18-26(40-23(4)37)16-17-34(25,5)28(27)19-31(35)41-33(38)24-10-8-7-9-11-24/h7-11,22,25-32,39H,1,12-20H2,2-6H3/t22?,25?,26-,27?,28?,29?,30+,31+,32?,34-,35+,36-/m0/s1. The molecule has 5 aliphatic rings. The number of benzene rings is 1. The third kappa shape index (κ3) is 4.76. The number of carbonyl (C=O) groups excluding carboxylic acids is 2. The summed E-state index contributed by atoms with van der Waals surface area (Å²) in [6, 6.07) is 9.30. The summed E-state index contributed by atoms with van der Waals surface area (Å²) in [5, 5.41) is 12.3. The molecule has 1 heterocycles. The predicted octanol–water partition coefficient (Wildman–Crippen LogP) is 7.10. The third-order valence-corrected chi connectivity index (χ3v) is 12.8. The van der Waals surface area contributed by atoms with E-state index in [0.29, 0.717) is 29.7 Å². The van der Waals surface area contributed by atoms with Gasteiger partial charge in [-0.2, -0.15) is 0 Å². The molecule has 12 atom stereocenters. The van der Waals surface area contributed by atoms with E-state index in [1.165, 1.54) is 6.92 Å². The molecule has 0 spiro atoms. The number of hydrogen-bond acceptors (Lipinski definition) is 6. The van der Waals surface area contributed by atoms with Crippen molar-refractivity contribution < 1.29 is 28.9 Å². The number of fused-ring (bicyclic) bond motifs is 7. The van der Waals surface area contributed by atoms with Crippen molar-refractivity contribution >= 4 is 11.9 Å². The van der Waals surface area contributed by atoms with Gasteiger partial charge in [0, 0.05) is 24.7 Å². The Balaban J connectivity index is 1.34. The van der Waals surface area contributed by atoms with Gasteiger partial charge in [-0.05, 0) is 105 Å². The number of esters is 2. The maximum absolute atomic E-state index is 13.6. The molecule has 5 fully saturated rings. The highest BCUT2D eigenvalue weighted by Gasteiger charge is 2.74. The molecule has 0 aromatic heterocycles. The van der Waals surface area contributed by atoms with E-state index in [-0.39, 0.29) is 53.4 Å². The first-order valence-corrected chi connectivity index (χ1v) is 16.3. The average molecular weight is 579 g/mol. The van der Waals surface area contributed by atoms with Crippen LogP contribution in [0.5, 0.6) is 0 Å². The Morgan fingerprint density at radius 2 is 1.79 bits per heavy atom. The van der Waals surface area contributed by atoms with Gasteiger partial charge in [0.25, 0.3) is 0 Å². The predicted molar refractivity (Wildman–Crippen MR) is 160 cm³/mol. The monoisotopic (exact) mass is 578 g/mol. The Morgan fingerprint density at radius 1 is 1.05 bits per heavy atom. The summed E-state index contributed by atoms with van der Waals surface area (Å²) >= 11 is 0. The van der Waals surface area contributed by atoms with Gasteiger partial charge in [-0.1, -0.05) is 44.5 Å². The fraction of sp³-hybridized carbons (Fsp3) is 0.722. The Labute approximate surface area is 251 Å². The molecule has 4 saturated carbocycles. The Hall–Kier alpha value is -2.18. The van der Waals surface area contributed by atoms with Crippen molar-refractivity contribution in [2.45, 2.75) is 117 Å². The minimum absolute atomic E-state index is 0.00498. The van der Waals surface area contributed by atoms with Crippen LogP contribution in [0.1, 0.15) is 103 Å². The molecule has 1 N–H and O–H groups in total. The van der Waals surface area contributed by atoms with Gasteiger partial charge in [-0.15, -0.1) is 6.58 Å². The van der Waals surface area contributed by atoms with Gasteiger partial charge in [0.15, 0.2) is 5.79 Å². The van der Waals surface area contributed by atoms with E-state index in [1.54, 1.807) is 0 Å². The molecular weight excluding hydrogens is 528 g/mol. The van der Waals surface area contributed by atoms with Crippen molar-refractivity contribution in [3.05, 3.63) is 48.0 Å². The number of aliphatic hydroxyl groups is 1. The van der Waals surface area contributed by atoms with Crippen LogP contribution in [-0.2, 0) is 19.0 Å². The zero-order valence-electron chi connectivity index (χ0n) is 26.1. The van der Waals surface area contributed by atoms with Crippen molar-refractivity contribution in [2.24, 2.45) is 46.3 Å². The molecule has 6 nitrogen and oxygen atoms in total. The maximum Gasteiger partial charge on any atom is 0.338 e. The summed E-state index contributed by atoms with van der Waals surface area (Å²) in [7, 11) is 0. The van der Waals surface area contributed by atoms with E-state index in [9.17, 15) is 14.7 Å². The molecule has 4 aliphatic carbocycles. The molecule has 1 aromatic rings. The topological polar surface area (TPSA) is 82.1 Å². The second-order valence-corrected chi connectivity index (χ2v) is 15.1. The van der Waals surface area contributed by atoms with Crippen molar-refractivity contribution in [3.8, 4) is 0 Å². The second-order valence-electron chi connectivity index (χ2n) is 15.1. The van der Waals surface area contributed by atoms with Gasteiger partial charge < -0.3 is 19.3 Å². The van der Waals surface area contributed by atoms with Gasteiger partial charge in [0.1, 0.15) is 12.2 Å². The fourth-order valence-electron chi connectivity index (χ4n) is 10.9. The third-order valence-electron chi connectivity index (χ3n) is 12.8. The lowest BCUT2D eigenvalue weighted by atomic mass is 9.43. The largest absolute Gasteiger partial charge is 0.463 e. The van der Waals surface area contributed by atoms with Crippen LogP contribution in [0, 0.1) is 46.3 Å². The molecule has 42 heavy (non-hydrogen) atoms. The SMILES string of the molecule is C=C(C)CC[C@H]1O[C@@]2(O)CC3C4CCC5C[C@@H](OC(C)=O)CC[C@]5(C)C4C[C@@H](OC(=O)c4ccccc4)[C@]3(C)C2C1C. The van der Waals surface area contributed by atoms with Crippen molar-refractivity contribution in [1.29, 1.82) is 0 Å². The molecule has 0 bridgehead atoms. The Bertz CT molecular complexity index is 1210. The van der Waals surface area contributed by atoms with Crippen LogP contribution in [0.15, 0.2) is 42.5 Å². The fourth-order valence-corrected chi connectivity index (χ4v) is 10.9. The lowest BCUT2D eigenvalue weighted by Gasteiger charge is -2.62. The average Bonchev–Trinajstić information content (AvgIpc) is 3.34. The smallest absolute Gasteiger partial charge is 0.338 e. The van der Waals surface area contributed by atoms with Crippen LogP contribution in [0.2, 0.25) is 0 Å². The summed E-state index contributed by atoms with van der Waals surface area (Å²) in [5.74, 6) is -0.169. The van der Waals surface area contributed by atoms with E-state index in [0.717, 1.165) is 56.9 Å². The number of rotatable bonds is 6. The highest BCUT2D eigenvalue weighted by Crippen LogP contribution is 2.72. The summed E-state index contributed by atoms with van der Waals surface area (Å²) in [5.41, 5.74) is 1.38. The normalized spacial score (nSPS) is 45.6. The first kappa shape index (κ1) is 29.9. The van der Waals surface area contributed by atoms with Crippen molar-refractivity contribution in [1.82, 2.24) is 0 Å². The highest BCUT2D eigenvalue weighted by molar-refractivity contribution is 5.89. The molecule has 1 saturated heterocycles. The first-order chi connectivity index (χ1) is 19.9. The molecule has 6 rings (SSSR count). The van der Waals surface area contributed by atoms with Crippen LogP contribution in [-0.4, -0.2) is 41.1 Å². The number of ether oxygens (including phenoxy) is 3. The molecular formula is C36H50O6. The van der Waals surface area contributed by atoms with Gasteiger partial charge in [0.05, 0.1) is 11.7 Å². The van der Waals surface area contributed by atoms with E-state index < -0.39 is 11.2 Å². The number of allylic oxidation sites excluding steroid dienone is 1. The minimum Gasteiger partial charge on any atom is -0.463 e. The summed E-state index contributed by atoms with van der Waals surface area (Å²) in [4.78, 5) is 25.4. The maximum atomic E-state index is 13.6. The zero-order valence-corrected chi connectivity index (χ0v) is 26.1. The van der Waals surface area contributed by atoms with Gasteiger partial charge in [0.2, 0.25) is 0 Å². The molecule has 6 heteroatoms. The van der Waals surface area contributed by atoms with Crippen LogP contribution in [0.4, 0.5) is 0 Å². The second kappa shape index (κ2) is 10.8. The molecule has 6 unspecified atom stereocenters.